The second-order valence-electron chi connectivity index (χ2n) is 7.71. The summed E-state index contributed by atoms with van der Waals surface area (Å²) in [5.74, 6) is -0.130. The highest BCUT2D eigenvalue weighted by Crippen LogP contribution is 2.29. The number of benzene rings is 1. The van der Waals surface area contributed by atoms with Crippen LogP contribution in [0.5, 0.6) is 0 Å². The summed E-state index contributed by atoms with van der Waals surface area (Å²) in [5.41, 5.74) is 4.11. The molecule has 2 aromatic rings. The van der Waals surface area contributed by atoms with Crippen molar-refractivity contribution in [3.63, 3.8) is 0 Å². The van der Waals surface area contributed by atoms with Crippen molar-refractivity contribution in [3.05, 3.63) is 39.9 Å². The Morgan fingerprint density at radius 3 is 2.93 bits per heavy atom. The number of thiazole rings is 1. The number of aromatic nitrogens is 1. The fraction of sp³-hybridized carbons (Fsp3) is 0.476. The minimum atomic E-state index is -0.360. The van der Waals surface area contributed by atoms with Crippen LogP contribution in [0.4, 0.5) is 10.8 Å². The van der Waals surface area contributed by atoms with E-state index in [2.05, 4.69) is 26.6 Å². The van der Waals surface area contributed by atoms with Gasteiger partial charge in [0.1, 0.15) is 6.10 Å². The van der Waals surface area contributed by atoms with Crippen LogP contribution in [0.2, 0.25) is 0 Å². The number of nitrogens with zero attached hydrogens (tertiary/aromatic N) is 2. The first-order chi connectivity index (χ1) is 14.0. The molecule has 8 heteroatoms. The summed E-state index contributed by atoms with van der Waals surface area (Å²) in [4.78, 5) is 32.5. The van der Waals surface area contributed by atoms with Crippen LogP contribution in [0, 0.1) is 13.8 Å². The Morgan fingerprint density at radius 2 is 2.17 bits per heavy atom. The van der Waals surface area contributed by atoms with Crippen molar-refractivity contribution in [2.75, 3.05) is 30.3 Å². The Kier molecular flexibility index (Phi) is 5.94. The van der Waals surface area contributed by atoms with Gasteiger partial charge in [0.25, 0.3) is 5.91 Å². The van der Waals surface area contributed by atoms with Crippen LogP contribution in [0.1, 0.15) is 34.5 Å². The van der Waals surface area contributed by atoms with Crippen LogP contribution in [-0.4, -0.2) is 47.5 Å². The molecule has 29 heavy (non-hydrogen) atoms. The fourth-order valence-electron chi connectivity index (χ4n) is 3.75. The monoisotopic (exact) mass is 414 g/mol. The molecule has 0 bridgehead atoms. The number of hydrogen-bond donors (Lipinski definition) is 2. The zero-order valence-corrected chi connectivity index (χ0v) is 17.6. The molecule has 2 N–H and O–H groups in total. The maximum Gasteiger partial charge on any atom is 0.255 e. The summed E-state index contributed by atoms with van der Waals surface area (Å²) in [6.45, 7) is 6.46. The van der Waals surface area contributed by atoms with E-state index < -0.39 is 0 Å². The van der Waals surface area contributed by atoms with Gasteiger partial charge in [-0.1, -0.05) is 17.7 Å². The van der Waals surface area contributed by atoms with E-state index in [0.717, 1.165) is 47.6 Å². The number of nitrogens with one attached hydrogen (secondary N) is 2. The van der Waals surface area contributed by atoms with Gasteiger partial charge in [-0.3, -0.25) is 19.8 Å². The Bertz CT molecular complexity index is 921. The molecule has 0 spiro atoms. The average molecular weight is 415 g/mol. The van der Waals surface area contributed by atoms with Crippen LogP contribution in [-0.2, 0) is 27.3 Å². The highest BCUT2D eigenvalue weighted by atomic mass is 32.1. The topological polar surface area (TPSA) is 83.6 Å². The molecule has 0 aliphatic carbocycles. The second-order valence-corrected chi connectivity index (χ2v) is 8.79. The van der Waals surface area contributed by atoms with Gasteiger partial charge < -0.3 is 10.1 Å². The molecule has 0 saturated carbocycles. The molecule has 1 aromatic heterocycles. The van der Waals surface area contributed by atoms with Gasteiger partial charge in [0, 0.05) is 36.7 Å². The van der Waals surface area contributed by atoms with Crippen LogP contribution >= 0.6 is 11.3 Å². The first kappa shape index (κ1) is 20.0. The van der Waals surface area contributed by atoms with Crippen molar-refractivity contribution >= 4 is 34.0 Å². The molecular weight excluding hydrogens is 388 g/mol. The van der Waals surface area contributed by atoms with Crippen molar-refractivity contribution in [1.82, 2.24) is 9.88 Å². The number of anilines is 2. The smallest absolute Gasteiger partial charge is 0.255 e. The number of fused-ring (bicyclic) bond motifs is 1. The van der Waals surface area contributed by atoms with Crippen molar-refractivity contribution in [3.8, 4) is 0 Å². The van der Waals surface area contributed by atoms with Crippen LogP contribution in [0.25, 0.3) is 0 Å². The highest BCUT2D eigenvalue weighted by molar-refractivity contribution is 7.15. The molecular formula is C21H26N4O3S. The van der Waals surface area contributed by atoms with E-state index in [9.17, 15) is 9.59 Å². The van der Waals surface area contributed by atoms with E-state index in [0.29, 0.717) is 24.8 Å². The van der Waals surface area contributed by atoms with Crippen molar-refractivity contribution < 1.29 is 14.3 Å². The molecule has 1 unspecified atom stereocenters. The lowest BCUT2D eigenvalue weighted by Crippen LogP contribution is -2.36. The van der Waals surface area contributed by atoms with Gasteiger partial charge in [-0.05, 0) is 38.3 Å². The summed E-state index contributed by atoms with van der Waals surface area (Å²) in [7, 11) is 0. The third kappa shape index (κ3) is 4.83. The van der Waals surface area contributed by atoms with Gasteiger partial charge in [-0.25, -0.2) is 4.98 Å². The number of hydrogen-bond acceptors (Lipinski definition) is 6. The first-order valence-electron chi connectivity index (χ1n) is 9.98. The number of aryl methyl sites for hydroxylation is 2. The standard InChI is InChI=1S/C21H26N4O3S/c1-13-5-6-15(14(2)10-13)22-19(26)12-25-8-7-16-18(11-25)29-21(23-16)24-20(27)17-4-3-9-28-17/h5-6,10,17H,3-4,7-9,11-12H2,1-2H3,(H,22,26)(H,23,24,27). The van der Waals surface area contributed by atoms with Crippen LogP contribution in [0.3, 0.4) is 0 Å². The Balaban J connectivity index is 1.33. The minimum Gasteiger partial charge on any atom is -0.368 e. The van der Waals surface area contributed by atoms with Crippen LogP contribution < -0.4 is 10.6 Å². The van der Waals surface area contributed by atoms with Gasteiger partial charge in [-0.15, -0.1) is 11.3 Å². The van der Waals surface area contributed by atoms with Crippen molar-refractivity contribution in [2.45, 2.75) is 45.8 Å². The lowest BCUT2D eigenvalue weighted by molar-refractivity contribution is -0.124. The van der Waals surface area contributed by atoms with E-state index in [1.54, 1.807) is 0 Å². The number of rotatable bonds is 5. The predicted octanol–water partition coefficient (Wildman–Crippen LogP) is 2.87. The van der Waals surface area contributed by atoms with E-state index >= 15 is 0 Å². The van der Waals surface area contributed by atoms with Crippen molar-refractivity contribution in [1.29, 1.82) is 0 Å². The summed E-state index contributed by atoms with van der Waals surface area (Å²) in [5, 5.41) is 6.52. The number of ether oxygens (including phenoxy) is 1. The molecule has 3 heterocycles. The first-order valence-corrected chi connectivity index (χ1v) is 10.8. The normalized spacial score (nSPS) is 19.0. The quantitative estimate of drug-likeness (QED) is 0.786. The average Bonchev–Trinajstić information content (AvgIpc) is 3.33. The Labute approximate surface area is 174 Å². The summed E-state index contributed by atoms with van der Waals surface area (Å²) in [6.07, 6.45) is 2.10. The molecule has 2 aliphatic heterocycles. The maximum absolute atomic E-state index is 12.5. The number of amides is 2. The molecule has 7 nitrogen and oxygen atoms in total. The van der Waals surface area contributed by atoms with E-state index in [-0.39, 0.29) is 17.9 Å². The third-order valence-electron chi connectivity index (χ3n) is 5.29. The zero-order chi connectivity index (χ0) is 20.4. The second kappa shape index (κ2) is 8.61. The predicted molar refractivity (Wildman–Crippen MR) is 113 cm³/mol. The summed E-state index contributed by atoms with van der Waals surface area (Å²) >= 11 is 1.49. The maximum atomic E-state index is 12.5. The molecule has 1 atom stereocenters. The number of carbonyl (C=O) groups is 2. The SMILES string of the molecule is Cc1ccc(NC(=O)CN2CCc3nc(NC(=O)C4CCCO4)sc3C2)c(C)c1. The molecule has 1 saturated heterocycles. The lowest BCUT2D eigenvalue weighted by atomic mass is 10.1. The third-order valence-corrected chi connectivity index (χ3v) is 6.28. The van der Waals surface area contributed by atoms with Gasteiger partial charge in [0.05, 0.1) is 12.2 Å². The Morgan fingerprint density at radius 1 is 1.31 bits per heavy atom. The van der Waals surface area contributed by atoms with E-state index in [4.69, 9.17) is 4.74 Å². The van der Waals surface area contributed by atoms with E-state index in [1.807, 2.05) is 26.0 Å². The summed E-state index contributed by atoms with van der Waals surface area (Å²) < 4.78 is 5.43. The van der Waals surface area contributed by atoms with Gasteiger partial charge in [-0.2, -0.15) is 0 Å². The fourth-order valence-corrected chi connectivity index (χ4v) is 4.81. The van der Waals surface area contributed by atoms with Gasteiger partial charge in [0.15, 0.2) is 5.13 Å². The largest absolute Gasteiger partial charge is 0.368 e. The Hall–Kier alpha value is -2.29. The molecule has 1 fully saturated rings. The van der Waals surface area contributed by atoms with Crippen molar-refractivity contribution in [2.24, 2.45) is 0 Å². The number of carbonyl (C=O) groups excluding carboxylic acids is 2. The molecule has 1 aromatic carbocycles. The summed E-state index contributed by atoms with van der Waals surface area (Å²) in [6, 6.07) is 6.01. The molecule has 2 amide bonds. The molecule has 4 rings (SSSR count). The molecule has 154 valence electrons. The molecule has 2 aliphatic rings. The molecule has 0 radical (unpaired) electrons. The van der Waals surface area contributed by atoms with Gasteiger partial charge >= 0.3 is 0 Å². The zero-order valence-electron chi connectivity index (χ0n) is 16.8. The lowest BCUT2D eigenvalue weighted by Gasteiger charge is -2.25. The minimum absolute atomic E-state index is 0.0168. The van der Waals surface area contributed by atoms with E-state index in [1.165, 1.54) is 16.9 Å². The van der Waals surface area contributed by atoms with Crippen LogP contribution in [0.15, 0.2) is 18.2 Å². The van der Waals surface area contributed by atoms with Gasteiger partial charge in [0.2, 0.25) is 5.91 Å². The highest BCUT2D eigenvalue weighted by Gasteiger charge is 2.26.